The monoisotopic (exact) mass is 461 g/mol. The Balaban J connectivity index is 1.60. The van der Waals surface area contributed by atoms with Crippen molar-refractivity contribution in [1.29, 1.82) is 0 Å². The van der Waals surface area contributed by atoms with E-state index in [4.69, 9.17) is 9.47 Å². The molecule has 1 unspecified atom stereocenters. The number of fused-ring (bicyclic) bond motifs is 3. The fourth-order valence-electron chi connectivity index (χ4n) is 5.32. The van der Waals surface area contributed by atoms with E-state index in [9.17, 15) is 9.59 Å². The molecule has 0 radical (unpaired) electrons. The van der Waals surface area contributed by atoms with Crippen LogP contribution in [-0.2, 0) is 17.9 Å². The Bertz CT molecular complexity index is 1240. The molecule has 0 bridgehead atoms. The smallest absolute Gasteiger partial charge is 0.271 e. The van der Waals surface area contributed by atoms with Crippen molar-refractivity contribution < 1.29 is 19.1 Å². The van der Waals surface area contributed by atoms with Crippen molar-refractivity contribution in [2.24, 2.45) is 0 Å². The van der Waals surface area contributed by atoms with Crippen molar-refractivity contribution in [2.45, 2.75) is 57.3 Å². The van der Waals surface area contributed by atoms with Crippen LogP contribution in [0.5, 0.6) is 11.5 Å². The molecule has 0 saturated heterocycles. The van der Waals surface area contributed by atoms with Crippen molar-refractivity contribution in [3.63, 3.8) is 0 Å². The second-order valence-corrected chi connectivity index (χ2v) is 9.47. The summed E-state index contributed by atoms with van der Waals surface area (Å²) in [5.74, 6) is 1.13. The summed E-state index contributed by atoms with van der Waals surface area (Å²) in [5, 5.41) is 4.19. The lowest BCUT2D eigenvalue weighted by atomic mass is 9.93. The number of methoxy groups -OCH3 is 2. The topological polar surface area (TPSA) is 72.8 Å². The van der Waals surface area contributed by atoms with Crippen LogP contribution in [-0.4, -0.2) is 47.1 Å². The Morgan fingerprint density at radius 1 is 1.09 bits per heavy atom. The summed E-state index contributed by atoms with van der Waals surface area (Å²) < 4.78 is 12.9. The van der Waals surface area contributed by atoms with Crippen molar-refractivity contribution in [3.8, 4) is 11.5 Å². The van der Waals surface area contributed by atoms with Crippen LogP contribution in [0.3, 0.4) is 0 Å². The molecular formula is C27H31N3O4. The van der Waals surface area contributed by atoms with Crippen LogP contribution in [0, 0.1) is 0 Å². The van der Waals surface area contributed by atoms with Crippen molar-refractivity contribution in [1.82, 2.24) is 14.8 Å². The van der Waals surface area contributed by atoms with E-state index in [0.717, 1.165) is 47.9 Å². The minimum Gasteiger partial charge on any atom is -0.497 e. The first kappa shape index (κ1) is 22.3. The minimum atomic E-state index is -1.07. The number of carbonyl (C=O) groups excluding carboxylic acids is 2. The highest BCUT2D eigenvalue weighted by molar-refractivity contribution is 6.03. The van der Waals surface area contributed by atoms with Crippen molar-refractivity contribution in [3.05, 3.63) is 59.8 Å². The zero-order valence-electron chi connectivity index (χ0n) is 20.0. The van der Waals surface area contributed by atoms with Gasteiger partial charge >= 0.3 is 0 Å². The second-order valence-electron chi connectivity index (χ2n) is 9.47. The van der Waals surface area contributed by atoms with Crippen LogP contribution in [0.2, 0.25) is 0 Å². The first-order valence-corrected chi connectivity index (χ1v) is 11.9. The molecule has 2 amide bonds. The molecule has 1 N–H and O–H groups in total. The average Bonchev–Trinajstić information content (AvgIpc) is 3.49. The van der Waals surface area contributed by atoms with Gasteiger partial charge in [-0.2, -0.15) is 0 Å². The largest absolute Gasteiger partial charge is 0.497 e. The summed E-state index contributed by atoms with van der Waals surface area (Å²) in [7, 11) is 3.24. The maximum atomic E-state index is 14.0. The van der Waals surface area contributed by atoms with E-state index in [1.807, 2.05) is 60.0 Å². The first-order chi connectivity index (χ1) is 16.4. The molecule has 1 aliphatic heterocycles. The number of nitrogens with one attached hydrogen (secondary N) is 1. The molecule has 1 aromatic heterocycles. The lowest BCUT2D eigenvalue weighted by Crippen LogP contribution is -2.64. The van der Waals surface area contributed by atoms with Crippen LogP contribution in [0.1, 0.15) is 48.7 Å². The predicted molar refractivity (Wildman–Crippen MR) is 130 cm³/mol. The fourth-order valence-corrected chi connectivity index (χ4v) is 5.32. The number of carbonyl (C=O) groups is 2. The van der Waals surface area contributed by atoms with E-state index in [-0.39, 0.29) is 24.4 Å². The molecule has 2 aromatic carbocycles. The number of ether oxygens (including phenoxy) is 2. The van der Waals surface area contributed by atoms with Crippen LogP contribution in [0.15, 0.2) is 48.5 Å². The predicted octanol–water partition coefficient (Wildman–Crippen LogP) is 4.13. The summed E-state index contributed by atoms with van der Waals surface area (Å²) in [6.45, 7) is 2.51. The van der Waals surface area contributed by atoms with E-state index < -0.39 is 5.54 Å². The van der Waals surface area contributed by atoms with Crippen molar-refractivity contribution >= 4 is 22.7 Å². The van der Waals surface area contributed by atoms with E-state index in [0.29, 0.717) is 18.0 Å². The van der Waals surface area contributed by atoms with Crippen LogP contribution < -0.4 is 14.8 Å². The molecule has 1 aliphatic carbocycles. The molecule has 34 heavy (non-hydrogen) atoms. The summed E-state index contributed by atoms with van der Waals surface area (Å²) >= 11 is 0. The fraction of sp³-hybridized carbons (Fsp3) is 0.407. The highest BCUT2D eigenvalue weighted by Crippen LogP contribution is 2.36. The maximum absolute atomic E-state index is 14.0. The summed E-state index contributed by atoms with van der Waals surface area (Å²) in [4.78, 5) is 29.5. The quantitative estimate of drug-likeness (QED) is 0.599. The third-order valence-corrected chi connectivity index (χ3v) is 7.34. The normalized spacial score (nSPS) is 20.4. The molecule has 7 nitrogen and oxygen atoms in total. The number of hydrogen-bond donors (Lipinski definition) is 1. The Labute approximate surface area is 199 Å². The molecule has 0 spiro atoms. The maximum Gasteiger partial charge on any atom is 0.271 e. The molecule has 1 saturated carbocycles. The number of aromatic nitrogens is 1. The van der Waals surface area contributed by atoms with E-state index in [1.165, 1.54) is 0 Å². The van der Waals surface area contributed by atoms with Gasteiger partial charge in [0.05, 0.1) is 32.8 Å². The molecule has 7 heteroatoms. The Kier molecular flexibility index (Phi) is 5.71. The summed E-state index contributed by atoms with van der Waals surface area (Å²) in [5.41, 5.74) is 1.26. The van der Waals surface area contributed by atoms with Gasteiger partial charge < -0.3 is 24.3 Å². The van der Waals surface area contributed by atoms with Crippen LogP contribution in [0.4, 0.5) is 0 Å². The Morgan fingerprint density at radius 3 is 2.59 bits per heavy atom. The number of amides is 2. The second kappa shape index (κ2) is 8.70. The van der Waals surface area contributed by atoms with Crippen LogP contribution in [0.25, 0.3) is 10.9 Å². The third kappa shape index (κ3) is 3.69. The number of rotatable bonds is 6. The Morgan fingerprint density at radius 2 is 1.85 bits per heavy atom. The van der Waals surface area contributed by atoms with E-state index >= 15 is 0 Å². The molecule has 1 atom stereocenters. The average molecular weight is 462 g/mol. The molecule has 2 heterocycles. The zero-order valence-corrected chi connectivity index (χ0v) is 20.0. The van der Waals surface area contributed by atoms with Gasteiger partial charge in [-0.05, 0) is 44.0 Å². The van der Waals surface area contributed by atoms with Gasteiger partial charge in [-0.15, -0.1) is 0 Å². The third-order valence-electron chi connectivity index (χ3n) is 7.34. The Hall–Kier alpha value is -3.48. The molecule has 5 rings (SSSR count). The number of benzene rings is 2. The lowest BCUT2D eigenvalue weighted by molar-refractivity contribution is -0.133. The molecule has 2 aliphatic rings. The number of para-hydroxylation sites is 1. The minimum absolute atomic E-state index is 0.113. The molecular weight excluding hydrogens is 430 g/mol. The highest BCUT2D eigenvalue weighted by Gasteiger charge is 2.48. The zero-order chi connectivity index (χ0) is 23.9. The SMILES string of the molecule is COc1ccc2cc3n(c2c1)CC(C)(C(=O)NC1CCCC1)N(Cc1ccccc1OC)C3=O. The first-order valence-electron chi connectivity index (χ1n) is 11.9. The van der Waals surface area contributed by atoms with Gasteiger partial charge in [-0.25, -0.2) is 0 Å². The summed E-state index contributed by atoms with van der Waals surface area (Å²) in [6, 6.07) is 15.5. The van der Waals surface area contributed by atoms with Gasteiger partial charge in [0.25, 0.3) is 5.91 Å². The highest BCUT2D eigenvalue weighted by atomic mass is 16.5. The number of hydrogen-bond acceptors (Lipinski definition) is 4. The van der Waals surface area contributed by atoms with Crippen molar-refractivity contribution in [2.75, 3.05) is 14.2 Å². The van der Waals surface area contributed by atoms with E-state index in [1.54, 1.807) is 19.1 Å². The van der Waals surface area contributed by atoms with Gasteiger partial charge in [0.1, 0.15) is 22.7 Å². The molecule has 178 valence electrons. The van der Waals surface area contributed by atoms with Gasteiger partial charge in [0.15, 0.2) is 0 Å². The standard InChI is InChI=1S/C27H31N3O4/c1-27(26(32)28-20-9-5-6-10-20)17-29-22-15-21(33-2)13-12-18(22)14-23(29)25(31)30(27)16-19-8-4-7-11-24(19)34-3/h4,7-8,11-15,20H,5-6,9-10,16-17H2,1-3H3,(H,28,32). The van der Waals surface area contributed by atoms with Crippen LogP contribution >= 0.6 is 0 Å². The summed E-state index contributed by atoms with van der Waals surface area (Å²) in [6.07, 6.45) is 4.21. The lowest BCUT2D eigenvalue weighted by Gasteiger charge is -2.44. The van der Waals surface area contributed by atoms with E-state index in [2.05, 4.69) is 5.32 Å². The molecule has 3 aromatic rings. The molecule has 1 fully saturated rings. The van der Waals surface area contributed by atoms with Gasteiger partial charge in [0.2, 0.25) is 5.91 Å². The van der Waals surface area contributed by atoms with Gasteiger partial charge in [-0.3, -0.25) is 9.59 Å². The number of nitrogens with zero attached hydrogens (tertiary/aromatic N) is 2. The van der Waals surface area contributed by atoms with Gasteiger partial charge in [-0.1, -0.05) is 31.0 Å². The van der Waals surface area contributed by atoms with Gasteiger partial charge in [0, 0.05) is 23.1 Å².